The van der Waals surface area contributed by atoms with Crippen molar-refractivity contribution in [2.75, 3.05) is 58.4 Å². The van der Waals surface area contributed by atoms with Gasteiger partial charge >= 0.3 is 0 Å². The first kappa shape index (κ1) is 31.0. The summed E-state index contributed by atoms with van der Waals surface area (Å²) in [6.45, 7) is 10.4. The number of piperidine rings is 1. The van der Waals surface area contributed by atoms with Gasteiger partial charge in [0.25, 0.3) is 5.91 Å². The van der Waals surface area contributed by atoms with Crippen LogP contribution in [-0.2, 0) is 16.0 Å². The first-order valence-corrected chi connectivity index (χ1v) is 15.4. The number of benzene rings is 2. The van der Waals surface area contributed by atoms with Crippen molar-refractivity contribution < 1.29 is 23.5 Å². The number of ether oxygens (including phenoxy) is 2. The Labute approximate surface area is 245 Å². The molecule has 0 aromatic heterocycles. The number of anilines is 1. The molecule has 2 aliphatic rings. The van der Waals surface area contributed by atoms with E-state index in [-0.39, 0.29) is 17.7 Å². The normalized spacial score (nSPS) is 22.5. The van der Waals surface area contributed by atoms with E-state index in [1.165, 1.54) is 24.8 Å². The van der Waals surface area contributed by atoms with Gasteiger partial charge in [-0.05, 0) is 67.6 Å². The Morgan fingerprint density at radius 3 is 2.46 bits per heavy atom. The SMILES string of the molecule is CCCCC[N+]1(C(C)Cc2cccc(NC(=O)c3ccc(OC)cc3)c2)CCC(C(N)C(=O)N2CCOCC2)CC1. The van der Waals surface area contributed by atoms with Crippen LogP contribution in [0.2, 0.25) is 0 Å². The molecule has 0 saturated carbocycles. The number of hydrogen-bond acceptors (Lipinski definition) is 5. The molecule has 2 aromatic carbocycles. The molecule has 2 saturated heterocycles. The van der Waals surface area contributed by atoms with E-state index in [0.717, 1.165) is 54.8 Å². The predicted octanol–water partition coefficient (Wildman–Crippen LogP) is 4.48. The minimum absolute atomic E-state index is 0.0887. The summed E-state index contributed by atoms with van der Waals surface area (Å²) in [4.78, 5) is 27.8. The average molecular weight is 566 g/mol. The summed E-state index contributed by atoms with van der Waals surface area (Å²) in [6.07, 6.45) is 6.53. The van der Waals surface area contributed by atoms with Crippen LogP contribution in [0.1, 0.15) is 61.9 Å². The Kier molecular flexibility index (Phi) is 11.2. The van der Waals surface area contributed by atoms with Gasteiger partial charge in [-0.15, -0.1) is 0 Å². The smallest absolute Gasteiger partial charge is 0.255 e. The summed E-state index contributed by atoms with van der Waals surface area (Å²) < 4.78 is 11.7. The summed E-state index contributed by atoms with van der Waals surface area (Å²) in [5.74, 6) is 0.909. The molecule has 0 aliphatic carbocycles. The highest BCUT2D eigenvalue weighted by Gasteiger charge is 2.41. The van der Waals surface area contributed by atoms with Gasteiger partial charge in [0.1, 0.15) is 5.75 Å². The Balaban J connectivity index is 1.39. The summed E-state index contributed by atoms with van der Waals surface area (Å²) in [5, 5.41) is 3.05. The third-order valence-corrected chi connectivity index (χ3v) is 9.22. The van der Waals surface area contributed by atoms with Crippen molar-refractivity contribution in [3.05, 3.63) is 59.7 Å². The molecular formula is C33H49N4O4+. The fraction of sp³-hybridized carbons (Fsp3) is 0.576. The number of morpholine rings is 1. The number of carbonyl (C=O) groups excluding carboxylic acids is 2. The summed E-state index contributed by atoms with van der Waals surface area (Å²) >= 11 is 0. The number of likely N-dealkylation sites (tertiary alicyclic amines) is 1. The van der Waals surface area contributed by atoms with Crippen LogP contribution in [0.25, 0.3) is 0 Å². The Bertz CT molecular complexity index is 1120. The predicted molar refractivity (Wildman–Crippen MR) is 163 cm³/mol. The van der Waals surface area contributed by atoms with Crippen LogP contribution in [0.15, 0.2) is 48.5 Å². The third-order valence-electron chi connectivity index (χ3n) is 9.22. The molecule has 41 heavy (non-hydrogen) atoms. The highest BCUT2D eigenvalue weighted by atomic mass is 16.5. The fourth-order valence-corrected chi connectivity index (χ4v) is 6.48. The topological polar surface area (TPSA) is 93.9 Å². The number of nitrogens with one attached hydrogen (secondary N) is 1. The number of hydrogen-bond donors (Lipinski definition) is 2. The Morgan fingerprint density at radius 1 is 1.10 bits per heavy atom. The van der Waals surface area contributed by atoms with Crippen molar-refractivity contribution in [3.8, 4) is 5.75 Å². The second kappa shape index (κ2) is 14.8. The maximum atomic E-state index is 13.1. The van der Waals surface area contributed by atoms with Crippen molar-refractivity contribution in [1.29, 1.82) is 0 Å². The van der Waals surface area contributed by atoms with Gasteiger partial charge in [0.2, 0.25) is 5.91 Å². The van der Waals surface area contributed by atoms with E-state index in [4.69, 9.17) is 15.2 Å². The molecule has 2 amide bonds. The minimum Gasteiger partial charge on any atom is -0.497 e. The first-order valence-electron chi connectivity index (χ1n) is 15.4. The second-order valence-electron chi connectivity index (χ2n) is 11.8. The highest BCUT2D eigenvalue weighted by Crippen LogP contribution is 2.31. The molecule has 0 spiro atoms. The number of amides is 2. The molecule has 2 fully saturated rings. The van der Waals surface area contributed by atoms with E-state index >= 15 is 0 Å². The van der Waals surface area contributed by atoms with Crippen LogP contribution in [0, 0.1) is 5.92 Å². The molecule has 2 aliphatic heterocycles. The van der Waals surface area contributed by atoms with Gasteiger partial charge in [-0.2, -0.15) is 0 Å². The zero-order valence-electron chi connectivity index (χ0n) is 25.1. The van der Waals surface area contributed by atoms with Gasteiger partial charge < -0.3 is 29.9 Å². The maximum absolute atomic E-state index is 13.1. The largest absolute Gasteiger partial charge is 0.497 e. The van der Waals surface area contributed by atoms with Gasteiger partial charge in [0.05, 0.1) is 52.0 Å². The average Bonchev–Trinajstić information content (AvgIpc) is 3.01. The summed E-state index contributed by atoms with van der Waals surface area (Å²) in [5.41, 5.74) is 9.19. The molecule has 4 rings (SSSR count). The van der Waals surface area contributed by atoms with E-state index in [1.54, 1.807) is 31.4 Å². The molecule has 0 bridgehead atoms. The van der Waals surface area contributed by atoms with Crippen LogP contribution >= 0.6 is 0 Å². The van der Waals surface area contributed by atoms with E-state index in [0.29, 0.717) is 37.9 Å². The fourth-order valence-electron chi connectivity index (χ4n) is 6.48. The van der Waals surface area contributed by atoms with Gasteiger partial charge in [0.15, 0.2) is 0 Å². The third kappa shape index (κ3) is 8.09. The van der Waals surface area contributed by atoms with Crippen molar-refractivity contribution in [2.45, 2.75) is 64.5 Å². The number of rotatable bonds is 12. The lowest BCUT2D eigenvalue weighted by molar-refractivity contribution is -0.954. The maximum Gasteiger partial charge on any atom is 0.255 e. The zero-order valence-corrected chi connectivity index (χ0v) is 25.1. The Morgan fingerprint density at radius 2 is 1.80 bits per heavy atom. The summed E-state index contributed by atoms with van der Waals surface area (Å²) in [6, 6.07) is 15.4. The van der Waals surface area contributed by atoms with Crippen LogP contribution in [0.3, 0.4) is 0 Å². The molecule has 2 atom stereocenters. The van der Waals surface area contributed by atoms with Gasteiger partial charge in [0, 0.05) is 43.6 Å². The lowest BCUT2D eigenvalue weighted by atomic mass is 9.85. The molecule has 2 unspecified atom stereocenters. The first-order chi connectivity index (χ1) is 19.8. The number of quaternary nitrogens is 1. The van der Waals surface area contributed by atoms with Gasteiger partial charge in [-0.3, -0.25) is 9.59 Å². The highest BCUT2D eigenvalue weighted by molar-refractivity contribution is 6.04. The lowest BCUT2D eigenvalue weighted by Gasteiger charge is -2.49. The lowest BCUT2D eigenvalue weighted by Crippen LogP contribution is -2.61. The van der Waals surface area contributed by atoms with Crippen LogP contribution < -0.4 is 15.8 Å². The van der Waals surface area contributed by atoms with E-state index in [1.807, 2.05) is 17.0 Å². The molecular weight excluding hydrogens is 516 g/mol. The van der Waals surface area contributed by atoms with Crippen molar-refractivity contribution in [2.24, 2.45) is 11.7 Å². The number of unbranched alkanes of at least 4 members (excludes halogenated alkanes) is 2. The molecule has 8 nitrogen and oxygen atoms in total. The monoisotopic (exact) mass is 565 g/mol. The van der Waals surface area contributed by atoms with Gasteiger partial charge in [-0.25, -0.2) is 0 Å². The van der Waals surface area contributed by atoms with E-state index < -0.39 is 6.04 Å². The standard InChI is InChI=1S/C33H48N4O4/c1-4-5-6-18-37(19-14-27(15-20-37)31(34)33(39)36-16-21-41-22-17-36)25(2)23-26-8-7-9-29(24-26)35-32(38)28-10-12-30(40-3)13-11-28/h7-13,24-25,27,31H,4-6,14-23,34H2,1-3H3/p+1. The second-order valence-corrected chi connectivity index (χ2v) is 11.8. The molecule has 224 valence electrons. The quantitative estimate of drug-likeness (QED) is 0.292. The Hall–Kier alpha value is -2.94. The number of methoxy groups -OCH3 is 1. The molecule has 2 heterocycles. The minimum atomic E-state index is -0.424. The van der Waals surface area contributed by atoms with Crippen LogP contribution in [-0.4, -0.2) is 86.3 Å². The molecule has 2 aromatic rings. The number of carbonyl (C=O) groups is 2. The van der Waals surface area contributed by atoms with Gasteiger partial charge in [-0.1, -0.05) is 25.5 Å². The van der Waals surface area contributed by atoms with Crippen molar-refractivity contribution in [1.82, 2.24) is 4.90 Å². The molecule has 0 radical (unpaired) electrons. The van der Waals surface area contributed by atoms with E-state index in [9.17, 15) is 9.59 Å². The van der Waals surface area contributed by atoms with Crippen molar-refractivity contribution in [3.63, 3.8) is 0 Å². The zero-order chi connectivity index (χ0) is 29.2. The van der Waals surface area contributed by atoms with Crippen LogP contribution in [0.5, 0.6) is 5.75 Å². The van der Waals surface area contributed by atoms with Crippen molar-refractivity contribution >= 4 is 17.5 Å². The number of nitrogens with two attached hydrogens (primary N) is 1. The number of nitrogens with zero attached hydrogens (tertiary/aromatic N) is 2. The van der Waals surface area contributed by atoms with E-state index in [2.05, 4.69) is 31.3 Å². The molecule has 3 N–H and O–H groups in total. The van der Waals surface area contributed by atoms with Crippen LogP contribution in [0.4, 0.5) is 5.69 Å². The molecule has 8 heteroatoms. The summed E-state index contributed by atoms with van der Waals surface area (Å²) in [7, 11) is 1.61.